The molecule has 2 heterocycles. The Morgan fingerprint density at radius 1 is 1.00 bits per heavy atom. The average molecular weight is 447 g/mol. The van der Waals surface area contributed by atoms with Crippen molar-refractivity contribution in [3.05, 3.63) is 65.9 Å². The van der Waals surface area contributed by atoms with E-state index in [0.29, 0.717) is 28.7 Å². The molecule has 1 amide bonds. The number of amides is 1. The SMILES string of the molecule is COc1cc(NC(=O)[C@@H](C)Oc2cc(C)c3c(C)nn(-c4ccccc4)c3n2)cc(OC)c1. The van der Waals surface area contributed by atoms with Crippen LogP contribution < -0.4 is 19.5 Å². The number of pyridine rings is 1. The second kappa shape index (κ2) is 9.20. The predicted molar refractivity (Wildman–Crippen MR) is 127 cm³/mol. The third-order valence-electron chi connectivity index (χ3n) is 5.27. The summed E-state index contributed by atoms with van der Waals surface area (Å²) in [5.74, 6) is 1.18. The second-order valence-corrected chi connectivity index (χ2v) is 7.66. The quantitative estimate of drug-likeness (QED) is 0.451. The van der Waals surface area contributed by atoms with Gasteiger partial charge in [0.25, 0.3) is 5.91 Å². The minimum Gasteiger partial charge on any atom is -0.497 e. The van der Waals surface area contributed by atoms with Crippen LogP contribution in [-0.2, 0) is 4.79 Å². The lowest BCUT2D eigenvalue weighted by Gasteiger charge is -2.16. The highest BCUT2D eigenvalue weighted by atomic mass is 16.5. The van der Waals surface area contributed by atoms with Crippen molar-refractivity contribution < 1.29 is 19.0 Å². The maximum atomic E-state index is 12.8. The van der Waals surface area contributed by atoms with Gasteiger partial charge in [-0.3, -0.25) is 4.79 Å². The molecule has 0 bridgehead atoms. The number of benzene rings is 2. The lowest BCUT2D eigenvalue weighted by atomic mass is 10.1. The number of methoxy groups -OCH3 is 2. The minimum absolute atomic E-state index is 0.322. The summed E-state index contributed by atoms with van der Waals surface area (Å²) >= 11 is 0. The summed E-state index contributed by atoms with van der Waals surface area (Å²) in [7, 11) is 3.11. The van der Waals surface area contributed by atoms with E-state index in [1.807, 2.05) is 50.2 Å². The largest absolute Gasteiger partial charge is 0.497 e. The van der Waals surface area contributed by atoms with E-state index in [9.17, 15) is 4.79 Å². The molecule has 1 N–H and O–H groups in total. The summed E-state index contributed by atoms with van der Waals surface area (Å²) < 4.78 is 18.2. The fourth-order valence-electron chi connectivity index (χ4n) is 3.64. The third-order valence-corrected chi connectivity index (χ3v) is 5.27. The number of anilines is 1. The van der Waals surface area contributed by atoms with Crippen molar-refractivity contribution in [2.75, 3.05) is 19.5 Å². The van der Waals surface area contributed by atoms with Crippen LogP contribution in [0, 0.1) is 13.8 Å². The number of fused-ring (bicyclic) bond motifs is 1. The van der Waals surface area contributed by atoms with E-state index in [1.54, 1.807) is 44.0 Å². The van der Waals surface area contributed by atoms with Crippen LogP contribution in [0.3, 0.4) is 0 Å². The maximum Gasteiger partial charge on any atom is 0.265 e. The van der Waals surface area contributed by atoms with Crippen LogP contribution in [-0.4, -0.2) is 41.0 Å². The van der Waals surface area contributed by atoms with E-state index in [-0.39, 0.29) is 5.91 Å². The number of nitrogens with zero attached hydrogens (tertiary/aromatic N) is 3. The van der Waals surface area contributed by atoms with Crippen molar-refractivity contribution in [1.82, 2.24) is 14.8 Å². The lowest BCUT2D eigenvalue weighted by Crippen LogP contribution is -2.30. The molecule has 1 atom stereocenters. The Labute approximate surface area is 192 Å². The predicted octanol–water partition coefficient (Wildman–Crippen LogP) is 4.46. The zero-order valence-electron chi connectivity index (χ0n) is 19.2. The molecule has 170 valence electrons. The molecule has 0 aliphatic carbocycles. The summed E-state index contributed by atoms with van der Waals surface area (Å²) in [6, 6.07) is 16.8. The van der Waals surface area contributed by atoms with Gasteiger partial charge in [-0.05, 0) is 38.5 Å². The molecule has 0 spiro atoms. The highest BCUT2D eigenvalue weighted by molar-refractivity contribution is 5.94. The summed E-state index contributed by atoms with van der Waals surface area (Å²) in [5, 5.41) is 8.46. The van der Waals surface area contributed by atoms with Crippen molar-refractivity contribution >= 4 is 22.6 Å². The number of para-hydroxylation sites is 1. The van der Waals surface area contributed by atoms with Gasteiger partial charge < -0.3 is 19.5 Å². The van der Waals surface area contributed by atoms with Crippen molar-refractivity contribution in [2.45, 2.75) is 26.9 Å². The molecular weight excluding hydrogens is 420 g/mol. The van der Waals surface area contributed by atoms with Crippen molar-refractivity contribution in [3.8, 4) is 23.1 Å². The van der Waals surface area contributed by atoms with Gasteiger partial charge in [-0.2, -0.15) is 10.1 Å². The number of aryl methyl sites for hydroxylation is 2. The number of rotatable bonds is 7. The Bertz CT molecular complexity index is 1280. The van der Waals surface area contributed by atoms with E-state index in [0.717, 1.165) is 22.3 Å². The Morgan fingerprint density at radius 2 is 1.67 bits per heavy atom. The van der Waals surface area contributed by atoms with Gasteiger partial charge in [0, 0.05) is 35.3 Å². The fraction of sp³-hybridized carbons (Fsp3) is 0.240. The number of aromatic nitrogens is 3. The summed E-state index contributed by atoms with van der Waals surface area (Å²) in [5.41, 5.74) is 3.98. The molecule has 0 saturated heterocycles. The number of hydrogen-bond donors (Lipinski definition) is 1. The van der Waals surface area contributed by atoms with Gasteiger partial charge in [0.15, 0.2) is 11.8 Å². The molecule has 33 heavy (non-hydrogen) atoms. The average Bonchev–Trinajstić information content (AvgIpc) is 3.15. The second-order valence-electron chi connectivity index (χ2n) is 7.66. The first kappa shape index (κ1) is 22.1. The highest BCUT2D eigenvalue weighted by Crippen LogP contribution is 2.28. The zero-order chi connectivity index (χ0) is 23.5. The molecule has 4 aromatic rings. The molecule has 0 saturated carbocycles. The first-order chi connectivity index (χ1) is 15.9. The van der Waals surface area contributed by atoms with Crippen molar-refractivity contribution in [3.63, 3.8) is 0 Å². The van der Waals surface area contributed by atoms with Gasteiger partial charge in [0.2, 0.25) is 5.88 Å². The Hall–Kier alpha value is -4.07. The molecule has 2 aromatic heterocycles. The van der Waals surface area contributed by atoms with Crippen LogP contribution in [0.4, 0.5) is 5.69 Å². The first-order valence-corrected chi connectivity index (χ1v) is 10.5. The van der Waals surface area contributed by atoms with Gasteiger partial charge in [0.05, 0.1) is 25.6 Å². The Kier molecular flexibility index (Phi) is 6.17. The monoisotopic (exact) mass is 446 g/mol. The van der Waals surface area contributed by atoms with Gasteiger partial charge in [-0.25, -0.2) is 4.68 Å². The number of nitrogens with one attached hydrogen (secondary N) is 1. The van der Waals surface area contributed by atoms with Crippen LogP contribution >= 0.6 is 0 Å². The molecule has 0 fully saturated rings. The molecule has 0 aliphatic heterocycles. The number of carbonyl (C=O) groups excluding carboxylic acids is 1. The maximum absolute atomic E-state index is 12.8. The van der Waals surface area contributed by atoms with Crippen LogP contribution in [0.15, 0.2) is 54.6 Å². The number of ether oxygens (including phenoxy) is 3. The molecule has 8 heteroatoms. The van der Waals surface area contributed by atoms with E-state index in [1.165, 1.54) is 0 Å². The van der Waals surface area contributed by atoms with E-state index in [2.05, 4.69) is 15.4 Å². The number of hydrogen-bond acceptors (Lipinski definition) is 6. The van der Waals surface area contributed by atoms with Crippen LogP contribution in [0.25, 0.3) is 16.7 Å². The fourth-order valence-corrected chi connectivity index (χ4v) is 3.64. The van der Waals surface area contributed by atoms with Gasteiger partial charge in [-0.15, -0.1) is 0 Å². The van der Waals surface area contributed by atoms with Crippen molar-refractivity contribution in [1.29, 1.82) is 0 Å². The van der Waals surface area contributed by atoms with Crippen LogP contribution in [0.2, 0.25) is 0 Å². The molecular formula is C25H26N4O4. The topological polar surface area (TPSA) is 87.5 Å². The zero-order valence-corrected chi connectivity index (χ0v) is 19.2. The van der Waals surface area contributed by atoms with Crippen LogP contribution in [0.1, 0.15) is 18.2 Å². The first-order valence-electron chi connectivity index (χ1n) is 10.5. The highest BCUT2D eigenvalue weighted by Gasteiger charge is 2.19. The molecule has 0 unspecified atom stereocenters. The molecule has 0 radical (unpaired) electrons. The third kappa shape index (κ3) is 4.59. The summed E-state index contributed by atoms with van der Waals surface area (Å²) in [6.07, 6.45) is -0.791. The normalized spacial score (nSPS) is 11.8. The van der Waals surface area contributed by atoms with Gasteiger partial charge in [0.1, 0.15) is 11.5 Å². The molecule has 2 aromatic carbocycles. The molecule has 4 rings (SSSR count). The Morgan fingerprint density at radius 3 is 2.30 bits per heavy atom. The minimum atomic E-state index is -0.791. The van der Waals surface area contributed by atoms with Gasteiger partial charge in [-0.1, -0.05) is 18.2 Å². The standard InChI is InChI=1S/C25H26N4O4/c1-15-11-22(27-24-23(15)16(2)28-29(24)19-9-7-6-8-10-19)33-17(3)25(30)26-18-12-20(31-4)14-21(13-18)32-5/h6-14,17H,1-5H3,(H,26,30)/t17-/m1/s1. The smallest absolute Gasteiger partial charge is 0.265 e. The Balaban J connectivity index is 1.59. The van der Waals surface area contributed by atoms with E-state index in [4.69, 9.17) is 14.2 Å². The van der Waals surface area contributed by atoms with Crippen LogP contribution in [0.5, 0.6) is 17.4 Å². The van der Waals surface area contributed by atoms with E-state index < -0.39 is 6.10 Å². The molecule has 0 aliphatic rings. The number of carbonyl (C=O) groups is 1. The summed E-state index contributed by atoms with van der Waals surface area (Å²) in [6.45, 7) is 5.61. The van der Waals surface area contributed by atoms with Gasteiger partial charge >= 0.3 is 0 Å². The lowest BCUT2D eigenvalue weighted by molar-refractivity contribution is -0.122. The van der Waals surface area contributed by atoms with Crippen molar-refractivity contribution in [2.24, 2.45) is 0 Å². The van der Waals surface area contributed by atoms with E-state index >= 15 is 0 Å². The summed E-state index contributed by atoms with van der Waals surface area (Å²) in [4.78, 5) is 17.5. The molecule has 8 nitrogen and oxygen atoms in total.